The summed E-state index contributed by atoms with van der Waals surface area (Å²) in [6, 6.07) is 14.9. The summed E-state index contributed by atoms with van der Waals surface area (Å²) in [5.41, 5.74) is 2.18. The number of hydrogen-bond acceptors (Lipinski definition) is 4. The van der Waals surface area contributed by atoms with Gasteiger partial charge in [-0.25, -0.2) is 4.79 Å². The van der Waals surface area contributed by atoms with E-state index in [9.17, 15) is 4.79 Å². The van der Waals surface area contributed by atoms with E-state index in [0.717, 1.165) is 29.2 Å². The number of nitrogens with one attached hydrogen (secondary N) is 1. The van der Waals surface area contributed by atoms with E-state index in [1.165, 1.54) is 4.90 Å². The molecule has 27 heavy (non-hydrogen) atoms. The van der Waals surface area contributed by atoms with Crippen molar-refractivity contribution in [1.29, 1.82) is 0 Å². The van der Waals surface area contributed by atoms with E-state index < -0.39 is 0 Å². The maximum Gasteiger partial charge on any atom is 0.338 e. The first kappa shape index (κ1) is 22.5. The smallest absolute Gasteiger partial charge is 0.338 e. The zero-order chi connectivity index (χ0) is 18.9. The van der Waals surface area contributed by atoms with Crippen LogP contribution in [-0.2, 0) is 9.53 Å². The van der Waals surface area contributed by atoms with E-state index >= 15 is 0 Å². The molecule has 0 unspecified atom stereocenters. The van der Waals surface area contributed by atoms with Crippen LogP contribution >= 0.6 is 0 Å². The van der Waals surface area contributed by atoms with Crippen LogP contribution in [0.4, 0.5) is 0 Å². The van der Waals surface area contributed by atoms with Gasteiger partial charge in [-0.15, -0.1) is 0 Å². The van der Waals surface area contributed by atoms with Crippen molar-refractivity contribution in [1.82, 2.24) is 0 Å². The number of rotatable bonds is 8. The molecule has 0 heterocycles. The van der Waals surface area contributed by atoms with Crippen molar-refractivity contribution in [3.8, 4) is 11.5 Å². The zero-order valence-corrected chi connectivity index (χ0v) is 16.9. The van der Waals surface area contributed by atoms with Crippen molar-refractivity contribution in [2.45, 2.75) is 0 Å². The third kappa shape index (κ3) is 6.96. The van der Waals surface area contributed by atoms with Gasteiger partial charge in [0.2, 0.25) is 0 Å². The first-order chi connectivity index (χ1) is 12.5. The Morgan fingerprint density at radius 1 is 0.926 bits per heavy atom. The lowest BCUT2D eigenvalue weighted by atomic mass is 10.0. The van der Waals surface area contributed by atoms with Crippen molar-refractivity contribution >= 4 is 17.6 Å². The second-order valence-corrected chi connectivity index (χ2v) is 6.15. The van der Waals surface area contributed by atoms with Gasteiger partial charge in [-0.3, -0.25) is 0 Å². The summed E-state index contributed by atoms with van der Waals surface area (Å²) < 4.78 is 15.8. The van der Waals surface area contributed by atoms with Crippen LogP contribution in [0.25, 0.3) is 11.6 Å². The molecule has 0 aliphatic rings. The number of benzene rings is 2. The normalized spacial score (nSPS) is 10.9. The minimum absolute atomic E-state index is 0. The number of esters is 1. The highest BCUT2D eigenvalue weighted by molar-refractivity contribution is 6.21. The second kappa shape index (κ2) is 11.3. The number of methoxy groups -OCH3 is 2. The molecule has 0 aliphatic carbocycles. The van der Waals surface area contributed by atoms with Crippen LogP contribution in [0.2, 0.25) is 0 Å². The van der Waals surface area contributed by atoms with Crippen LogP contribution in [0.15, 0.2) is 48.5 Å². The molecular weight excluding hydrogens is 366 g/mol. The van der Waals surface area contributed by atoms with Gasteiger partial charge in [0, 0.05) is 0 Å². The highest BCUT2D eigenvalue weighted by Crippen LogP contribution is 2.23. The third-order valence-corrected chi connectivity index (χ3v) is 3.88. The predicted octanol–water partition coefficient (Wildman–Crippen LogP) is -1.06. The Bertz CT molecular complexity index is 740. The van der Waals surface area contributed by atoms with Gasteiger partial charge in [0.1, 0.15) is 24.7 Å². The molecule has 2 aromatic carbocycles. The van der Waals surface area contributed by atoms with E-state index in [-0.39, 0.29) is 18.4 Å². The Morgan fingerprint density at radius 3 is 1.93 bits per heavy atom. The molecule has 0 radical (unpaired) electrons. The van der Waals surface area contributed by atoms with Crippen LogP contribution in [0, 0.1) is 0 Å². The quantitative estimate of drug-likeness (QED) is 0.354. The molecule has 0 saturated carbocycles. The fourth-order valence-electron chi connectivity index (χ4n) is 2.32. The molecule has 6 heteroatoms. The number of carbonyl (C=O) groups excluding carboxylic acids is 1. The number of hydrogen-bond donors (Lipinski definition) is 1. The van der Waals surface area contributed by atoms with Gasteiger partial charge in [-0.05, 0) is 41.5 Å². The summed E-state index contributed by atoms with van der Waals surface area (Å²) in [5.74, 6) is 1.17. The minimum Gasteiger partial charge on any atom is -1.00 e. The maximum absolute atomic E-state index is 12.7. The van der Waals surface area contributed by atoms with Gasteiger partial charge in [-0.2, -0.15) is 0 Å². The Morgan fingerprint density at radius 2 is 1.44 bits per heavy atom. The van der Waals surface area contributed by atoms with Crippen molar-refractivity contribution in [3.63, 3.8) is 0 Å². The lowest BCUT2D eigenvalue weighted by Gasteiger charge is -2.11. The van der Waals surface area contributed by atoms with E-state index in [1.54, 1.807) is 14.2 Å². The molecule has 0 bridgehead atoms. The average Bonchev–Trinajstić information content (AvgIpc) is 2.66. The molecule has 0 saturated heterocycles. The number of ether oxygens (including phenoxy) is 3. The number of carbonyl (C=O) groups is 1. The van der Waals surface area contributed by atoms with Crippen molar-refractivity contribution in [2.24, 2.45) is 0 Å². The van der Waals surface area contributed by atoms with Gasteiger partial charge in [0.25, 0.3) is 0 Å². The van der Waals surface area contributed by atoms with Crippen LogP contribution in [-0.4, -0.2) is 47.4 Å². The van der Waals surface area contributed by atoms with Gasteiger partial charge >= 0.3 is 5.97 Å². The van der Waals surface area contributed by atoms with E-state index in [4.69, 9.17) is 14.2 Å². The fraction of sp³-hybridized carbons (Fsp3) is 0.286. The third-order valence-electron chi connectivity index (χ3n) is 3.88. The Hall–Kier alpha value is -2.50. The summed E-state index contributed by atoms with van der Waals surface area (Å²) in [5, 5.41) is 0. The van der Waals surface area contributed by atoms with E-state index in [2.05, 4.69) is 0 Å². The average molecular weight is 392 g/mol. The van der Waals surface area contributed by atoms with E-state index in [0.29, 0.717) is 12.2 Å². The number of quaternary nitrogens is 1. The molecule has 0 aliphatic heterocycles. The van der Waals surface area contributed by atoms with Gasteiger partial charge < -0.3 is 31.5 Å². The van der Waals surface area contributed by atoms with Crippen LogP contribution < -0.4 is 26.8 Å². The molecular formula is C21H26ClNO4. The number of halogens is 1. The topological polar surface area (TPSA) is 49.2 Å². The molecule has 0 atom stereocenters. The summed E-state index contributed by atoms with van der Waals surface area (Å²) in [6.07, 6.45) is 1.83. The summed E-state index contributed by atoms with van der Waals surface area (Å²) in [7, 11) is 7.27. The van der Waals surface area contributed by atoms with Crippen molar-refractivity contribution in [3.05, 3.63) is 59.7 Å². The molecule has 146 valence electrons. The summed E-state index contributed by atoms with van der Waals surface area (Å²) >= 11 is 0. The lowest BCUT2D eigenvalue weighted by Crippen LogP contribution is -3.06. The Balaban J connectivity index is 0.00000364. The highest BCUT2D eigenvalue weighted by atomic mass is 35.5. The molecule has 2 aromatic rings. The van der Waals surface area contributed by atoms with Crippen LogP contribution in [0.5, 0.6) is 11.5 Å². The Kier molecular flexibility index (Phi) is 9.40. The first-order valence-electron chi connectivity index (χ1n) is 8.50. The first-order valence-corrected chi connectivity index (χ1v) is 8.50. The minimum atomic E-state index is -0.341. The largest absolute Gasteiger partial charge is 1.00 e. The second-order valence-electron chi connectivity index (χ2n) is 6.15. The summed E-state index contributed by atoms with van der Waals surface area (Å²) in [4.78, 5) is 13.9. The van der Waals surface area contributed by atoms with Crippen LogP contribution in [0.3, 0.4) is 0 Å². The lowest BCUT2D eigenvalue weighted by molar-refractivity contribution is -0.858. The molecule has 0 aromatic heterocycles. The highest BCUT2D eigenvalue weighted by Gasteiger charge is 2.15. The van der Waals surface area contributed by atoms with Crippen LogP contribution in [0.1, 0.15) is 11.1 Å². The Labute approximate surface area is 166 Å². The molecule has 1 N–H and O–H groups in total. The monoisotopic (exact) mass is 391 g/mol. The maximum atomic E-state index is 12.7. The molecule has 5 nitrogen and oxygen atoms in total. The standard InChI is InChI=1S/C21H25NO4.ClH/c1-22(2)13-14-26-21(23)20(17-7-11-19(25-4)12-8-17)15-16-5-9-18(24-3)10-6-16;/h5-12,15H,13-14H2,1-4H3;1H/b20-15-;. The van der Waals surface area contributed by atoms with Gasteiger partial charge in [-0.1, -0.05) is 24.3 Å². The molecule has 0 fully saturated rings. The van der Waals surface area contributed by atoms with E-state index in [1.807, 2.05) is 68.7 Å². The van der Waals surface area contributed by atoms with Crippen molar-refractivity contribution < 1.29 is 36.3 Å². The summed E-state index contributed by atoms with van der Waals surface area (Å²) in [6.45, 7) is 1.13. The van der Waals surface area contributed by atoms with Crippen molar-refractivity contribution in [2.75, 3.05) is 41.5 Å². The zero-order valence-electron chi connectivity index (χ0n) is 16.1. The SMILES string of the molecule is COc1ccc(/C=C(\C(=O)OCC[NH+](C)C)c2ccc(OC)cc2)cc1.[Cl-]. The van der Waals surface area contributed by atoms with Gasteiger partial charge in [0.05, 0.1) is 33.9 Å². The molecule has 0 spiro atoms. The molecule has 0 amide bonds. The number of likely N-dealkylation sites (N-methyl/N-ethyl adjacent to an activating group) is 1. The predicted molar refractivity (Wildman–Crippen MR) is 102 cm³/mol. The fourth-order valence-corrected chi connectivity index (χ4v) is 2.32. The molecule has 2 rings (SSSR count). The van der Waals surface area contributed by atoms with Gasteiger partial charge in [0.15, 0.2) is 0 Å².